The lowest BCUT2D eigenvalue weighted by Crippen LogP contribution is -2.12. The molecule has 7 heteroatoms. The second-order valence-corrected chi connectivity index (χ2v) is 8.71. The molecule has 0 aliphatic rings. The van der Waals surface area contributed by atoms with Crippen LogP contribution in [0.15, 0.2) is 90.1 Å². The lowest BCUT2D eigenvalue weighted by atomic mass is 10.0. The zero-order valence-corrected chi connectivity index (χ0v) is 19.8. The summed E-state index contributed by atoms with van der Waals surface area (Å²) in [5, 5.41) is 8.55. The Bertz CT molecular complexity index is 1570. The molecule has 7 nitrogen and oxygen atoms in total. The van der Waals surface area contributed by atoms with E-state index in [1.165, 1.54) is 0 Å². The third-order valence-corrected chi connectivity index (χ3v) is 6.37. The largest absolute Gasteiger partial charge is 0.361 e. The van der Waals surface area contributed by atoms with Gasteiger partial charge in [0.15, 0.2) is 0 Å². The summed E-state index contributed by atoms with van der Waals surface area (Å²) in [7, 11) is 1.92. The smallest absolute Gasteiger partial charge is 0.141 e. The Kier molecular flexibility index (Phi) is 5.03. The number of nitrogens with zero attached hydrogens (tertiary/aromatic N) is 6. The molecule has 0 bridgehead atoms. The van der Waals surface area contributed by atoms with Crippen LogP contribution in [-0.4, -0.2) is 29.5 Å². The van der Waals surface area contributed by atoms with E-state index >= 15 is 0 Å². The highest BCUT2D eigenvalue weighted by Crippen LogP contribution is 2.38. The van der Waals surface area contributed by atoms with E-state index in [4.69, 9.17) is 14.5 Å². The van der Waals surface area contributed by atoms with Gasteiger partial charge in [0.1, 0.15) is 11.8 Å². The monoisotopic (exact) mass is 460 g/mol. The van der Waals surface area contributed by atoms with Crippen LogP contribution in [0.3, 0.4) is 0 Å². The van der Waals surface area contributed by atoms with E-state index in [0.29, 0.717) is 0 Å². The molecule has 0 saturated heterocycles. The van der Waals surface area contributed by atoms with Crippen LogP contribution in [0.5, 0.6) is 0 Å². The average Bonchev–Trinajstić information content (AvgIpc) is 3.57. The Morgan fingerprint density at radius 3 is 2.40 bits per heavy atom. The molecule has 0 radical (unpaired) electrons. The molecule has 6 aromatic rings. The Morgan fingerprint density at radius 2 is 1.71 bits per heavy atom. The summed E-state index contributed by atoms with van der Waals surface area (Å²) in [5.41, 5.74) is 8.84. The van der Waals surface area contributed by atoms with Crippen molar-refractivity contribution in [2.24, 2.45) is 7.05 Å². The van der Waals surface area contributed by atoms with Crippen molar-refractivity contribution in [3.63, 3.8) is 0 Å². The van der Waals surface area contributed by atoms with Crippen LogP contribution < -0.4 is 0 Å². The average molecular weight is 461 g/mol. The van der Waals surface area contributed by atoms with Gasteiger partial charge in [-0.2, -0.15) is 5.10 Å². The molecule has 5 heterocycles. The fourth-order valence-electron chi connectivity index (χ4n) is 4.79. The van der Waals surface area contributed by atoms with Gasteiger partial charge in [-0.1, -0.05) is 41.6 Å². The number of hydrogen-bond donors (Lipinski definition) is 0. The van der Waals surface area contributed by atoms with Gasteiger partial charge in [0.05, 0.1) is 28.6 Å². The maximum atomic E-state index is 5.45. The lowest BCUT2D eigenvalue weighted by Gasteiger charge is -2.20. The molecule has 0 aliphatic heterocycles. The van der Waals surface area contributed by atoms with E-state index in [9.17, 15) is 0 Å². The summed E-state index contributed by atoms with van der Waals surface area (Å²) in [6.07, 6.45) is 9.80. The van der Waals surface area contributed by atoms with Gasteiger partial charge in [-0.15, -0.1) is 0 Å². The molecular weight excluding hydrogens is 436 g/mol. The van der Waals surface area contributed by atoms with Crippen molar-refractivity contribution in [2.75, 3.05) is 0 Å². The van der Waals surface area contributed by atoms with E-state index in [-0.39, 0.29) is 6.04 Å². The number of rotatable bonds is 5. The summed E-state index contributed by atoms with van der Waals surface area (Å²) in [5.74, 6) is 0.776. The summed E-state index contributed by atoms with van der Waals surface area (Å²) in [4.78, 5) is 9.69. The predicted molar refractivity (Wildman–Crippen MR) is 135 cm³/mol. The van der Waals surface area contributed by atoms with E-state index in [1.54, 1.807) is 0 Å². The van der Waals surface area contributed by atoms with E-state index in [1.807, 2.05) is 68.6 Å². The Morgan fingerprint density at radius 1 is 0.886 bits per heavy atom. The minimum Gasteiger partial charge on any atom is -0.361 e. The molecule has 0 unspecified atom stereocenters. The molecule has 6 rings (SSSR count). The van der Waals surface area contributed by atoms with Crippen LogP contribution in [0, 0.1) is 13.8 Å². The van der Waals surface area contributed by atoms with Gasteiger partial charge >= 0.3 is 0 Å². The molecule has 172 valence electrons. The van der Waals surface area contributed by atoms with Crippen LogP contribution >= 0.6 is 0 Å². The van der Waals surface area contributed by atoms with Gasteiger partial charge in [0.25, 0.3) is 0 Å². The summed E-state index contributed by atoms with van der Waals surface area (Å²) >= 11 is 0. The van der Waals surface area contributed by atoms with Crippen LogP contribution in [0.1, 0.15) is 28.8 Å². The van der Waals surface area contributed by atoms with Crippen molar-refractivity contribution in [1.82, 2.24) is 29.5 Å². The quantitative estimate of drug-likeness (QED) is 0.328. The van der Waals surface area contributed by atoms with Gasteiger partial charge in [-0.05, 0) is 37.6 Å². The minimum absolute atomic E-state index is 0.132. The molecule has 5 aromatic heterocycles. The van der Waals surface area contributed by atoms with Gasteiger partial charge in [0, 0.05) is 54.1 Å². The first-order valence-corrected chi connectivity index (χ1v) is 11.5. The third kappa shape index (κ3) is 3.61. The Hall–Kier alpha value is -4.52. The summed E-state index contributed by atoms with van der Waals surface area (Å²) < 4.78 is 9.53. The maximum absolute atomic E-state index is 5.45. The molecule has 0 saturated carbocycles. The molecule has 1 atom stereocenters. The van der Waals surface area contributed by atoms with Crippen LogP contribution in [0.25, 0.3) is 33.3 Å². The minimum atomic E-state index is -0.132. The normalized spacial score (nSPS) is 12.3. The van der Waals surface area contributed by atoms with Crippen molar-refractivity contribution in [3.05, 3.63) is 108 Å². The molecular formula is C28H24N6O. The first kappa shape index (κ1) is 21.0. The second-order valence-electron chi connectivity index (χ2n) is 8.71. The van der Waals surface area contributed by atoms with Crippen molar-refractivity contribution >= 4 is 11.0 Å². The van der Waals surface area contributed by atoms with Gasteiger partial charge in [-0.3, -0.25) is 14.6 Å². The van der Waals surface area contributed by atoms with E-state index in [0.717, 1.165) is 56.0 Å². The highest BCUT2D eigenvalue weighted by molar-refractivity contribution is 5.95. The SMILES string of the molecule is Cc1noc(C)c1-c1cnc2c(-c3cnn(C)c3)cn([C@H](c3ccccc3)c3ccccn3)c2c1. The standard InChI is InChI=1S/C28H24N6O/c1-18-26(19(2)35-32-18)21-13-25-27(30-14-21)23(22-15-31-33(3)16-22)17-34(25)28(20-9-5-4-6-10-20)24-11-7-8-12-29-24/h4-17,28H,1-3H3/t28-/m1/s1. The molecule has 0 fully saturated rings. The van der Waals surface area contributed by atoms with Crippen molar-refractivity contribution in [1.29, 1.82) is 0 Å². The van der Waals surface area contributed by atoms with Gasteiger partial charge < -0.3 is 9.09 Å². The Balaban J connectivity index is 1.66. The van der Waals surface area contributed by atoms with Gasteiger partial charge in [0.2, 0.25) is 0 Å². The lowest BCUT2D eigenvalue weighted by molar-refractivity contribution is 0.393. The van der Waals surface area contributed by atoms with Crippen LogP contribution in [0.4, 0.5) is 0 Å². The fourth-order valence-corrected chi connectivity index (χ4v) is 4.79. The van der Waals surface area contributed by atoms with E-state index in [2.05, 4.69) is 57.4 Å². The fraction of sp³-hybridized carbons (Fsp3) is 0.143. The number of aryl methyl sites for hydroxylation is 3. The topological polar surface area (TPSA) is 74.6 Å². The highest BCUT2D eigenvalue weighted by Gasteiger charge is 2.24. The number of pyridine rings is 2. The number of hydrogen-bond acceptors (Lipinski definition) is 5. The summed E-state index contributed by atoms with van der Waals surface area (Å²) in [6.45, 7) is 3.89. The van der Waals surface area contributed by atoms with E-state index < -0.39 is 0 Å². The Labute approximate surface area is 202 Å². The zero-order chi connectivity index (χ0) is 23.9. The highest BCUT2D eigenvalue weighted by atomic mass is 16.5. The molecule has 35 heavy (non-hydrogen) atoms. The maximum Gasteiger partial charge on any atom is 0.141 e. The van der Waals surface area contributed by atoms with Crippen molar-refractivity contribution < 1.29 is 4.52 Å². The second kappa shape index (κ2) is 8.36. The first-order valence-electron chi connectivity index (χ1n) is 11.5. The molecule has 0 spiro atoms. The first-order chi connectivity index (χ1) is 17.1. The zero-order valence-electron chi connectivity index (χ0n) is 19.8. The molecule has 0 N–H and O–H groups in total. The molecule has 0 aliphatic carbocycles. The molecule has 0 amide bonds. The predicted octanol–water partition coefficient (Wildman–Crippen LogP) is 5.74. The van der Waals surface area contributed by atoms with Gasteiger partial charge in [-0.25, -0.2) is 0 Å². The third-order valence-electron chi connectivity index (χ3n) is 6.37. The molecule has 1 aromatic carbocycles. The number of fused-ring (bicyclic) bond motifs is 1. The van der Waals surface area contributed by atoms with Crippen molar-refractivity contribution in [3.8, 4) is 22.3 Å². The van der Waals surface area contributed by atoms with Crippen LogP contribution in [-0.2, 0) is 7.05 Å². The van der Waals surface area contributed by atoms with Crippen LogP contribution in [0.2, 0.25) is 0 Å². The number of aromatic nitrogens is 6. The summed E-state index contributed by atoms with van der Waals surface area (Å²) in [6, 6.07) is 18.5. The number of benzene rings is 1. The van der Waals surface area contributed by atoms with Crippen molar-refractivity contribution in [2.45, 2.75) is 19.9 Å².